The number of likely N-dealkylation sites (tertiary alicyclic amines) is 1. The third-order valence-electron chi connectivity index (χ3n) is 22.5. The lowest BCUT2D eigenvalue weighted by Gasteiger charge is -2.40. The quantitative estimate of drug-likeness (QED) is 0.0385. The average Bonchev–Trinajstić information content (AvgIpc) is 1.29. The van der Waals surface area contributed by atoms with Gasteiger partial charge in [0.15, 0.2) is 30.9 Å². The molecule has 0 bridgehead atoms. The summed E-state index contributed by atoms with van der Waals surface area (Å²) in [6.45, 7) is 15.6. The van der Waals surface area contributed by atoms with Crippen molar-refractivity contribution < 1.29 is 142 Å². The molecule has 0 aromatic carbocycles. The number of ether oxygens (including phenoxy) is 9. The van der Waals surface area contributed by atoms with E-state index in [1.165, 1.54) is 0 Å². The van der Waals surface area contributed by atoms with Gasteiger partial charge in [0, 0.05) is 147 Å². The van der Waals surface area contributed by atoms with Crippen LogP contribution in [0.1, 0.15) is 230 Å². The summed E-state index contributed by atoms with van der Waals surface area (Å²) in [4.78, 5) is 112. The van der Waals surface area contributed by atoms with Crippen LogP contribution in [-0.4, -0.2) is 323 Å². The lowest BCUT2D eigenvalue weighted by Crippen LogP contribution is -2.55. The minimum Gasteiger partial charge on any atom is -0.394 e. The van der Waals surface area contributed by atoms with Crippen LogP contribution < -0.4 is 26.6 Å². The predicted octanol–water partition coefficient (Wildman–Crippen LogP) is 1.61. The first kappa shape index (κ1) is 108. The van der Waals surface area contributed by atoms with E-state index < -0.39 is 184 Å². The van der Waals surface area contributed by atoms with Gasteiger partial charge in [-0.1, -0.05) is 75.7 Å². The Morgan fingerprint density at radius 2 is 0.748 bits per heavy atom. The van der Waals surface area contributed by atoms with Crippen LogP contribution in [0.25, 0.3) is 0 Å². The molecule has 119 heavy (non-hydrogen) atoms. The van der Waals surface area contributed by atoms with Gasteiger partial charge in [-0.25, -0.2) is 0 Å². The van der Waals surface area contributed by atoms with Crippen LogP contribution in [0.3, 0.4) is 0 Å². The number of ketones is 2. The number of aliphatic hydroxyl groups is 12. The number of unbranched alkanes of at least 4 members (excludes halogenated alkanes) is 7. The Morgan fingerprint density at radius 3 is 1.12 bits per heavy atom. The number of rotatable bonds is 57. The van der Waals surface area contributed by atoms with Crippen LogP contribution in [0.2, 0.25) is 0 Å². The van der Waals surface area contributed by atoms with Crippen LogP contribution in [0.5, 0.6) is 0 Å². The molecule has 0 aliphatic carbocycles. The largest absolute Gasteiger partial charge is 0.394 e. The second-order valence-electron chi connectivity index (χ2n) is 33.6. The number of aliphatic hydroxyl groups excluding tert-OH is 12. The first-order chi connectivity index (χ1) is 56.3. The minimum absolute atomic E-state index is 0. The number of hydrogen-bond donors (Lipinski definition) is 17. The summed E-state index contributed by atoms with van der Waals surface area (Å²) in [5, 5.41) is 136. The zero-order valence-corrected chi connectivity index (χ0v) is 71.5. The number of carbonyl (C=O) groups is 8. The molecule has 0 radical (unpaired) electrons. The van der Waals surface area contributed by atoms with Gasteiger partial charge in [-0.05, 0) is 121 Å². The molecule has 0 aromatic heterocycles. The molecule has 35 nitrogen and oxygen atoms in total. The second-order valence-corrected chi connectivity index (χ2v) is 33.6. The zero-order valence-electron chi connectivity index (χ0n) is 71.5. The summed E-state index contributed by atoms with van der Waals surface area (Å²) in [6, 6.07) is -1.11. The van der Waals surface area contributed by atoms with Gasteiger partial charge in [-0.15, -0.1) is 0 Å². The number of Topliss-reactive ketones (excluding diaryl/α,β-unsaturated/α-hetero) is 2. The molecule has 5 aliphatic rings. The third-order valence-corrected chi connectivity index (χ3v) is 22.5. The molecule has 5 fully saturated rings. The van der Waals surface area contributed by atoms with Crippen LogP contribution in [-0.2, 0) is 81.0 Å². The van der Waals surface area contributed by atoms with E-state index in [-0.39, 0.29) is 147 Å². The molecule has 0 aromatic rings. The number of nitrogens with one attached hydrogen (secondary N) is 5. The second kappa shape index (κ2) is 60.0. The van der Waals surface area contributed by atoms with Gasteiger partial charge >= 0.3 is 0 Å². The van der Waals surface area contributed by atoms with Crippen molar-refractivity contribution in [1.82, 2.24) is 31.5 Å². The lowest BCUT2D eigenvalue weighted by molar-refractivity contribution is -0.282. The standard InChI is InChI=1S/C79H140N6O29.C4H10.CH4/c1-47-38-54(46-106-6)85(41-47)65(95)29-21-33-83-75(105)53(40-57(91)56(84-64(94)28-13-20-37-110-79-51(5)69(99)73(103)61(45-89)114-79)25-9-16-31-81-63(93)27-12-19-36-109-78-50(4)68(98)72(102)60(44-88)113-78)23-8-15-32-82-74(104)52(39-55(90)24-10-17-34-107-76-48(2)66(96)70(100)58(42-86)111-76)22-7-14-30-80-62(92)26-11-18-35-108-77-49(3)67(97)71(101)59(43-87)112-77;1-4(2)3;/h47-54,56,58-61,66-73,76-79,86-89,96-103H,7-46H2,1-6H3,(H,80,92)(H,81,93)(H,82,104)(H,83,105)(H,84,94);4H,1-3H3;1H4/t47-,48?,49?,50?,51?,52?,53?,54+,56?,58?,59?,60?,61?,66-,67-,68-,69-,70+,71+,72+,73+,76-,77-,78-,79-;;/m1../s1. The molecule has 5 saturated heterocycles. The van der Waals surface area contributed by atoms with E-state index in [0.717, 1.165) is 12.3 Å². The monoisotopic (exact) mass is 1710 g/mol. The van der Waals surface area contributed by atoms with E-state index >= 15 is 0 Å². The van der Waals surface area contributed by atoms with Crippen molar-refractivity contribution in [3.8, 4) is 0 Å². The summed E-state index contributed by atoms with van der Waals surface area (Å²) in [5.41, 5.74) is 0. The van der Waals surface area contributed by atoms with Crippen molar-refractivity contribution in [1.29, 1.82) is 0 Å². The molecule has 694 valence electrons. The van der Waals surface area contributed by atoms with E-state index in [9.17, 15) is 99.6 Å². The predicted molar refractivity (Wildman–Crippen MR) is 436 cm³/mol. The van der Waals surface area contributed by atoms with Gasteiger partial charge in [-0.2, -0.15) is 0 Å². The molecule has 0 saturated carbocycles. The van der Waals surface area contributed by atoms with E-state index in [0.29, 0.717) is 128 Å². The number of amides is 6. The normalized spacial score (nSPS) is 29.6. The Hall–Kier alpha value is -4.68. The highest BCUT2D eigenvalue weighted by Crippen LogP contribution is 2.32. The van der Waals surface area contributed by atoms with Crippen molar-refractivity contribution in [2.75, 3.05) is 99.3 Å². The number of nitrogens with zero attached hydrogens (tertiary/aromatic N) is 1. The number of methoxy groups -OCH3 is 1. The van der Waals surface area contributed by atoms with Crippen molar-refractivity contribution in [2.24, 2.45) is 47.3 Å². The molecule has 5 heterocycles. The Balaban J connectivity index is 0.00000715. The fourth-order valence-electron chi connectivity index (χ4n) is 15.1. The van der Waals surface area contributed by atoms with Gasteiger partial charge in [0.25, 0.3) is 0 Å². The SMILES string of the molecule is C.CC(C)C.COC[C@@H]1C[C@@H](C)CN1C(=O)CCCNC(=O)C(CCCCNC(=O)C(CCCCNC(=O)CCCCO[C@@H]1OC(CO)[C@H](O)[C@H](O)C1C)CC(=O)CCCCO[C@@H]1OC(CO)[C@H](O)[C@H](O)C1C)CC(=O)C(CCCCNC(=O)CCCCO[C@@H]1OC(CO)[C@H](O)[C@H](O)C1C)NC(=O)CCCCO[C@@H]1OC(CO)[C@H](O)[C@H](O)C1C. The van der Waals surface area contributed by atoms with Crippen molar-refractivity contribution >= 4 is 47.0 Å². The number of hydrogen-bond acceptors (Lipinski definition) is 29. The van der Waals surface area contributed by atoms with E-state index in [1.807, 2.05) is 4.90 Å². The topological polar surface area (TPSA) is 526 Å². The third kappa shape index (κ3) is 39.2. The van der Waals surface area contributed by atoms with Crippen molar-refractivity contribution in [3.05, 3.63) is 0 Å². The maximum Gasteiger partial charge on any atom is 0.223 e. The molecule has 17 N–H and O–H groups in total. The Morgan fingerprint density at radius 1 is 0.412 bits per heavy atom. The Labute approximate surface area is 704 Å². The van der Waals surface area contributed by atoms with Crippen molar-refractivity contribution in [3.63, 3.8) is 0 Å². The number of carbonyl (C=O) groups excluding carboxylic acids is 8. The smallest absolute Gasteiger partial charge is 0.223 e. The summed E-state index contributed by atoms with van der Waals surface area (Å²) in [5.74, 6) is -5.22. The highest BCUT2D eigenvalue weighted by Gasteiger charge is 2.46. The molecular weight excluding hydrogens is 1560 g/mol. The average molecular weight is 1710 g/mol. The first-order valence-electron chi connectivity index (χ1n) is 43.5. The van der Waals surface area contributed by atoms with E-state index in [1.54, 1.807) is 34.8 Å². The van der Waals surface area contributed by atoms with Crippen LogP contribution >= 0.6 is 0 Å². The van der Waals surface area contributed by atoms with Crippen LogP contribution in [0.15, 0.2) is 0 Å². The Bertz CT molecular complexity index is 2830. The summed E-state index contributed by atoms with van der Waals surface area (Å²) < 4.78 is 51.2. The minimum atomic E-state index is -1.31. The molecule has 11 unspecified atom stereocenters. The first-order valence-corrected chi connectivity index (χ1v) is 43.5. The summed E-state index contributed by atoms with van der Waals surface area (Å²) in [7, 11) is 1.59. The molecule has 35 heteroatoms. The molecule has 25 atom stereocenters. The van der Waals surface area contributed by atoms with Gasteiger partial charge < -0.3 is 135 Å². The zero-order chi connectivity index (χ0) is 87.4. The van der Waals surface area contributed by atoms with Crippen LogP contribution in [0, 0.1) is 47.3 Å². The lowest BCUT2D eigenvalue weighted by atomic mass is 9.90. The summed E-state index contributed by atoms with van der Waals surface area (Å²) in [6.07, 6.45) is -9.56. The van der Waals surface area contributed by atoms with E-state index in [2.05, 4.69) is 54.3 Å². The van der Waals surface area contributed by atoms with E-state index in [4.69, 9.17) is 42.6 Å². The fourth-order valence-corrected chi connectivity index (χ4v) is 15.1. The fraction of sp³-hybridized carbons (Fsp3) is 0.905. The maximum atomic E-state index is 14.7. The molecular formula is C84H154N6O29. The van der Waals surface area contributed by atoms with Crippen LogP contribution in [0.4, 0.5) is 0 Å². The van der Waals surface area contributed by atoms with Gasteiger partial charge in [0.2, 0.25) is 35.4 Å². The highest BCUT2D eigenvalue weighted by atomic mass is 16.7. The highest BCUT2D eigenvalue weighted by molar-refractivity contribution is 5.92. The van der Waals surface area contributed by atoms with Gasteiger partial charge in [0.1, 0.15) is 54.6 Å². The van der Waals surface area contributed by atoms with Gasteiger partial charge in [-0.3, -0.25) is 38.4 Å². The van der Waals surface area contributed by atoms with Crippen molar-refractivity contribution in [2.45, 2.75) is 340 Å². The molecule has 6 amide bonds. The molecule has 0 spiro atoms. The summed E-state index contributed by atoms with van der Waals surface area (Å²) >= 11 is 0. The van der Waals surface area contributed by atoms with Gasteiger partial charge in [0.05, 0.1) is 69.5 Å². The molecule has 5 rings (SSSR count). The maximum absolute atomic E-state index is 14.7. The Kier molecular flexibility index (Phi) is 54.7. The molecule has 5 aliphatic heterocycles.